The first kappa shape index (κ1) is 12.3. The second-order valence-electron chi connectivity index (χ2n) is 5.12. The van der Waals surface area contributed by atoms with Gasteiger partial charge in [-0.25, -0.2) is 0 Å². The molecule has 2 aliphatic rings. The number of ether oxygens (including phenoxy) is 1. The van der Waals surface area contributed by atoms with Crippen LogP contribution < -0.4 is 5.32 Å². The summed E-state index contributed by atoms with van der Waals surface area (Å²) in [6.45, 7) is 13.4. The Bertz CT molecular complexity index is 198. The number of nitrogens with one attached hydrogen (secondary N) is 1. The van der Waals surface area contributed by atoms with E-state index < -0.39 is 0 Å². The van der Waals surface area contributed by atoms with E-state index in [4.69, 9.17) is 4.74 Å². The van der Waals surface area contributed by atoms with E-state index in [9.17, 15) is 0 Å². The first-order valence-corrected chi connectivity index (χ1v) is 6.54. The van der Waals surface area contributed by atoms with E-state index in [-0.39, 0.29) is 0 Å². The minimum atomic E-state index is 0.366. The maximum Gasteiger partial charge on any atom is 0.0596 e. The lowest BCUT2D eigenvalue weighted by Gasteiger charge is -2.46. The molecule has 0 radical (unpaired) electrons. The van der Waals surface area contributed by atoms with E-state index in [2.05, 4.69) is 29.0 Å². The van der Waals surface area contributed by atoms with Crippen LogP contribution in [0.5, 0.6) is 0 Å². The molecule has 0 aliphatic carbocycles. The topological polar surface area (TPSA) is 27.7 Å². The highest BCUT2D eigenvalue weighted by Crippen LogP contribution is 2.14. The van der Waals surface area contributed by atoms with Gasteiger partial charge in [0.2, 0.25) is 0 Å². The molecule has 0 amide bonds. The van der Waals surface area contributed by atoms with Crippen LogP contribution in [0.2, 0.25) is 0 Å². The fourth-order valence-corrected chi connectivity index (χ4v) is 2.42. The summed E-state index contributed by atoms with van der Waals surface area (Å²) in [4.78, 5) is 5.12. The van der Waals surface area contributed by atoms with E-state index in [0.29, 0.717) is 6.10 Å². The second-order valence-corrected chi connectivity index (χ2v) is 5.12. The Morgan fingerprint density at radius 3 is 2.56 bits per heavy atom. The van der Waals surface area contributed by atoms with E-state index >= 15 is 0 Å². The van der Waals surface area contributed by atoms with Crippen molar-refractivity contribution >= 4 is 0 Å². The van der Waals surface area contributed by atoms with Gasteiger partial charge in [0, 0.05) is 51.9 Å². The lowest BCUT2D eigenvalue weighted by Crippen LogP contribution is -2.63. The molecule has 0 aromatic carbocycles. The van der Waals surface area contributed by atoms with E-state index in [0.717, 1.165) is 32.3 Å². The average molecular weight is 227 g/mol. The molecule has 1 N–H and O–H groups in total. The Morgan fingerprint density at radius 1 is 1.25 bits per heavy atom. The van der Waals surface area contributed by atoms with Crippen LogP contribution in [0.4, 0.5) is 0 Å². The molecule has 2 fully saturated rings. The second kappa shape index (κ2) is 5.96. The molecule has 4 nitrogen and oxygen atoms in total. The van der Waals surface area contributed by atoms with Crippen molar-refractivity contribution in [3.8, 4) is 0 Å². The first-order valence-electron chi connectivity index (χ1n) is 6.54. The zero-order valence-electron chi connectivity index (χ0n) is 10.6. The molecule has 0 spiro atoms. The number of rotatable bonds is 5. The summed E-state index contributed by atoms with van der Waals surface area (Å²) in [5.41, 5.74) is 0. The summed E-state index contributed by atoms with van der Waals surface area (Å²) in [5, 5.41) is 3.40. The molecule has 0 atom stereocenters. The Morgan fingerprint density at radius 2 is 1.94 bits per heavy atom. The van der Waals surface area contributed by atoms with Gasteiger partial charge in [0.25, 0.3) is 0 Å². The van der Waals surface area contributed by atoms with Gasteiger partial charge in [0.15, 0.2) is 0 Å². The Kier molecular flexibility index (Phi) is 4.58. The standard InChI is InChI=1S/C12H25N3O/c1-11(2)16-8-7-14-9-12(10-14)15-5-3-13-4-6-15/h11-13H,3-10H2,1-2H3. The van der Waals surface area contributed by atoms with Gasteiger partial charge in [-0.1, -0.05) is 0 Å². The average Bonchev–Trinajstić information content (AvgIpc) is 2.22. The number of likely N-dealkylation sites (tertiary alicyclic amines) is 1. The van der Waals surface area contributed by atoms with Gasteiger partial charge < -0.3 is 10.1 Å². The van der Waals surface area contributed by atoms with Crippen LogP contribution in [0.15, 0.2) is 0 Å². The van der Waals surface area contributed by atoms with Gasteiger partial charge in [-0.15, -0.1) is 0 Å². The molecule has 4 heteroatoms. The quantitative estimate of drug-likeness (QED) is 0.715. The fourth-order valence-electron chi connectivity index (χ4n) is 2.42. The van der Waals surface area contributed by atoms with Crippen LogP contribution in [0.3, 0.4) is 0 Å². The first-order chi connectivity index (χ1) is 7.75. The van der Waals surface area contributed by atoms with Crippen LogP contribution in [0, 0.1) is 0 Å². The van der Waals surface area contributed by atoms with Crippen molar-refractivity contribution in [1.29, 1.82) is 0 Å². The molecule has 0 bridgehead atoms. The molecule has 0 aromatic heterocycles. The van der Waals surface area contributed by atoms with Crippen molar-refractivity contribution in [1.82, 2.24) is 15.1 Å². The predicted octanol–water partition coefficient (Wildman–Crippen LogP) is 0.000800. The van der Waals surface area contributed by atoms with E-state index in [1.807, 2.05) is 0 Å². The largest absolute Gasteiger partial charge is 0.377 e. The minimum Gasteiger partial charge on any atom is -0.377 e. The third-order valence-corrected chi connectivity index (χ3v) is 3.46. The number of piperazine rings is 1. The van der Waals surface area contributed by atoms with Crippen molar-refractivity contribution < 1.29 is 4.74 Å². The molecule has 16 heavy (non-hydrogen) atoms. The zero-order valence-corrected chi connectivity index (χ0v) is 10.6. The number of hydrogen-bond acceptors (Lipinski definition) is 4. The fraction of sp³-hybridized carbons (Fsp3) is 1.00. The Balaban J connectivity index is 1.55. The van der Waals surface area contributed by atoms with Gasteiger partial charge >= 0.3 is 0 Å². The van der Waals surface area contributed by atoms with Gasteiger partial charge in [-0.3, -0.25) is 9.80 Å². The highest BCUT2D eigenvalue weighted by Gasteiger charge is 2.31. The van der Waals surface area contributed by atoms with Gasteiger partial charge in [0.1, 0.15) is 0 Å². The summed E-state index contributed by atoms with van der Waals surface area (Å²) in [5.74, 6) is 0. The van der Waals surface area contributed by atoms with Crippen molar-refractivity contribution in [3.05, 3.63) is 0 Å². The molecule has 2 aliphatic heterocycles. The number of nitrogens with zero attached hydrogens (tertiary/aromatic N) is 2. The van der Waals surface area contributed by atoms with Gasteiger partial charge in [0.05, 0.1) is 12.7 Å². The van der Waals surface area contributed by atoms with Gasteiger partial charge in [-0.2, -0.15) is 0 Å². The van der Waals surface area contributed by atoms with Crippen LogP contribution >= 0.6 is 0 Å². The summed E-state index contributed by atoms with van der Waals surface area (Å²) in [7, 11) is 0. The lowest BCUT2D eigenvalue weighted by atomic mass is 10.1. The lowest BCUT2D eigenvalue weighted by molar-refractivity contribution is -0.00366. The molecule has 2 rings (SSSR count). The highest BCUT2D eigenvalue weighted by molar-refractivity contribution is 4.89. The smallest absolute Gasteiger partial charge is 0.0596 e. The molecule has 2 heterocycles. The maximum absolute atomic E-state index is 5.56. The molecule has 94 valence electrons. The van der Waals surface area contributed by atoms with Crippen LogP contribution in [-0.4, -0.2) is 74.4 Å². The van der Waals surface area contributed by atoms with Crippen molar-refractivity contribution in [2.45, 2.75) is 26.0 Å². The summed E-state index contributed by atoms with van der Waals surface area (Å²) in [6.07, 6.45) is 0.366. The van der Waals surface area contributed by atoms with E-state index in [1.54, 1.807) is 0 Å². The zero-order chi connectivity index (χ0) is 11.4. The summed E-state index contributed by atoms with van der Waals surface area (Å²) >= 11 is 0. The maximum atomic E-state index is 5.56. The van der Waals surface area contributed by atoms with Gasteiger partial charge in [-0.05, 0) is 13.8 Å². The summed E-state index contributed by atoms with van der Waals surface area (Å²) < 4.78 is 5.56. The monoisotopic (exact) mass is 227 g/mol. The van der Waals surface area contributed by atoms with Crippen LogP contribution in [0.25, 0.3) is 0 Å². The third kappa shape index (κ3) is 3.42. The Hall–Kier alpha value is -0.160. The minimum absolute atomic E-state index is 0.366. The Labute approximate surface area is 98.9 Å². The normalized spacial score (nSPS) is 24.9. The van der Waals surface area contributed by atoms with Crippen molar-refractivity contribution in [2.75, 3.05) is 52.4 Å². The van der Waals surface area contributed by atoms with E-state index in [1.165, 1.54) is 26.2 Å². The highest BCUT2D eigenvalue weighted by atomic mass is 16.5. The molecule has 2 saturated heterocycles. The summed E-state index contributed by atoms with van der Waals surface area (Å²) in [6, 6.07) is 0.807. The predicted molar refractivity (Wildman–Crippen MR) is 65.8 cm³/mol. The van der Waals surface area contributed by atoms with Crippen LogP contribution in [-0.2, 0) is 4.74 Å². The molecular formula is C12H25N3O. The number of hydrogen-bond donors (Lipinski definition) is 1. The molecule has 0 unspecified atom stereocenters. The molecular weight excluding hydrogens is 202 g/mol. The van der Waals surface area contributed by atoms with Crippen molar-refractivity contribution in [2.24, 2.45) is 0 Å². The third-order valence-electron chi connectivity index (χ3n) is 3.46. The SMILES string of the molecule is CC(C)OCCN1CC(N2CCNCC2)C1. The van der Waals surface area contributed by atoms with Crippen LogP contribution in [0.1, 0.15) is 13.8 Å². The van der Waals surface area contributed by atoms with Crippen molar-refractivity contribution in [3.63, 3.8) is 0 Å². The molecule has 0 saturated carbocycles. The molecule has 0 aromatic rings.